The summed E-state index contributed by atoms with van der Waals surface area (Å²) in [4.78, 5) is 11.0. The topological polar surface area (TPSA) is 52.6 Å². The van der Waals surface area contributed by atoms with Gasteiger partial charge >= 0.3 is 13.8 Å². The van der Waals surface area contributed by atoms with Gasteiger partial charge in [-0.1, -0.05) is 30.5 Å². The van der Waals surface area contributed by atoms with Gasteiger partial charge in [0.05, 0.1) is 6.61 Å². The van der Waals surface area contributed by atoms with Crippen LogP contribution in [0.2, 0.25) is 0 Å². The molecular formula is C16H24O4P+. The van der Waals surface area contributed by atoms with Gasteiger partial charge in [0.1, 0.15) is 6.61 Å². The fourth-order valence-corrected chi connectivity index (χ4v) is 3.06. The van der Waals surface area contributed by atoms with E-state index in [1.54, 1.807) is 0 Å². The van der Waals surface area contributed by atoms with Gasteiger partial charge in [-0.05, 0) is 31.9 Å². The highest BCUT2D eigenvalue weighted by atomic mass is 31.1. The number of ether oxygens (including phenoxy) is 2. The number of esters is 1. The molecule has 1 atom stereocenters. The molecule has 0 spiro atoms. The second-order valence-electron chi connectivity index (χ2n) is 6.06. The van der Waals surface area contributed by atoms with Gasteiger partial charge in [-0.3, -0.25) is 4.79 Å². The minimum Gasteiger partial charge on any atom is -0.489 e. The van der Waals surface area contributed by atoms with Crippen LogP contribution >= 0.6 is 7.80 Å². The van der Waals surface area contributed by atoms with E-state index in [0.717, 1.165) is 0 Å². The summed E-state index contributed by atoms with van der Waals surface area (Å²) >= 11 is 0. The van der Waals surface area contributed by atoms with Crippen LogP contribution in [0.4, 0.5) is 0 Å². The van der Waals surface area contributed by atoms with Crippen molar-refractivity contribution in [2.24, 2.45) is 5.92 Å². The SMILES string of the molecule is CC(=O)OCC(C)(C)[P+](=O)c1ccccc1OCC(C)C. The number of carbonyl (C=O) groups is 1. The molecule has 21 heavy (non-hydrogen) atoms. The van der Waals surface area contributed by atoms with Crippen molar-refractivity contribution >= 4 is 19.1 Å². The van der Waals surface area contributed by atoms with E-state index in [4.69, 9.17) is 9.47 Å². The quantitative estimate of drug-likeness (QED) is 0.571. The second kappa shape index (κ2) is 7.56. The van der Waals surface area contributed by atoms with Crippen LogP contribution in [0.15, 0.2) is 24.3 Å². The Morgan fingerprint density at radius 3 is 2.48 bits per heavy atom. The Bertz CT molecular complexity index is 509. The molecule has 0 amide bonds. The molecule has 0 bridgehead atoms. The lowest BCUT2D eigenvalue weighted by atomic mass is 10.2. The first kappa shape index (κ1) is 17.6. The highest BCUT2D eigenvalue weighted by molar-refractivity contribution is 7.55. The molecule has 1 unspecified atom stereocenters. The molecule has 0 fully saturated rings. The third-order valence-electron chi connectivity index (χ3n) is 2.83. The van der Waals surface area contributed by atoms with E-state index in [1.165, 1.54) is 6.92 Å². The average Bonchev–Trinajstić information content (AvgIpc) is 2.42. The van der Waals surface area contributed by atoms with Crippen molar-refractivity contribution in [3.05, 3.63) is 24.3 Å². The fourth-order valence-electron chi connectivity index (χ4n) is 1.67. The molecule has 116 valence electrons. The molecule has 0 radical (unpaired) electrons. The van der Waals surface area contributed by atoms with Crippen molar-refractivity contribution in [1.82, 2.24) is 0 Å². The van der Waals surface area contributed by atoms with E-state index in [0.29, 0.717) is 23.6 Å². The molecule has 1 rings (SSSR count). The summed E-state index contributed by atoms with van der Waals surface area (Å²) in [6.07, 6.45) is 0. The first-order chi connectivity index (χ1) is 9.74. The normalized spacial score (nSPS) is 12.2. The van der Waals surface area contributed by atoms with Crippen LogP contribution in [0.3, 0.4) is 0 Å². The average molecular weight is 311 g/mol. The first-order valence-electron chi connectivity index (χ1n) is 7.06. The van der Waals surface area contributed by atoms with E-state index in [1.807, 2.05) is 38.1 Å². The van der Waals surface area contributed by atoms with Crippen molar-refractivity contribution in [3.8, 4) is 5.75 Å². The molecule has 0 aliphatic carbocycles. The number of rotatable bonds is 7. The Labute approximate surface area is 127 Å². The fraction of sp³-hybridized carbons (Fsp3) is 0.562. The van der Waals surface area contributed by atoms with Gasteiger partial charge in [0.2, 0.25) is 5.30 Å². The number of carbonyl (C=O) groups excluding carboxylic acids is 1. The highest BCUT2D eigenvalue weighted by Gasteiger charge is 2.44. The lowest BCUT2D eigenvalue weighted by molar-refractivity contribution is -0.141. The molecule has 0 aliphatic rings. The third kappa shape index (κ3) is 5.47. The maximum absolute atomic E-state index is 12.8. The summed E-state index contributed by atoms with van der Waals surface area (Å²) in [6, 6.07) is 7.34. The Hall–Kier alpha value is -1.41. The van der Waals surface area contributed by atoms with E-state index < -0.39 is 13.0 Å². The number of benzene rings is 1. The predicted molar refractivity (Wildman–Crippen MR) is 84.7 cm³/mol. The van der Waals surface area contributed by atoms with Crippen molar-refractivity contribution in [1.29, 1.82) is 0 Å². The molecule has 1 aromatic rings. The lowest BCUT2D eigenvalue weighted by Gasteiger charge is -2.15. The van der Waals surface area contributed by atoms with Crippen LogP contribution in [-0.2, 0) is 14.1 Å². The summed E-state index contributed by atoms with van der Waals surface area (Å²) < 4.78 is 23.6. The second-order valence-corrected chi connectivity index (χ2v) is 8.34. The molecule has 0 aromatic heterocycles. The van der Waals surface area contributed by atoms with Crippen LogP contribution in [0.5, 0.6) is 5.75 Å². The van der Waals surface area contributed by atoms with Crippen molar-refractivity contribution in [2.45, 2.75) is 39.8 Å². The maximum atomic E-state index is 12.8. The molecule has 0 saturated carbocycles. The van der Waals surface area contributed by atoms with Crippen LogP contribution in [0, 0.1) is 5.92 Å². The number of para-hydroxylation sites is 1. The molecule has 4 nitrogen and oxygen atoms in total. The van der Waals surface area contributed by atoms with Gasteiger partial charge in [0, 0.05) is 6.92 Å². The van der Waals surface area contributed by atoms with Gasteiger partial charge in [-0.25, -0.2) is 0 Å². The van der Waals surface area contributed by atoms with Crippen LogP contribution in [0.1, 0.15) is 34.6 Å². The Morgan fingerprint density at radius 1 is 1.29 bits per heavy atom. The van der Waals surface area contributed by atoms with Gasteiger partial charge in [-0.15, -0.1) is 0 Å². The molecule has 0 aliphatic heterocycles. The first-order valence-corrected chi connectivity index (χ1v) is 8.32. The van der Waals surface area contributed by atoms with Gasteiger partial charge < -0.3 is 9.47 Å². The zero-order chi connectivity index (χ0) is 16.0. The largest absolute Gasteiger partial charge is 0.489 e. The molecule has 5 heteroatoms. The highest BCUT2D eigenvalue weighted by Crippen LogP contribution is 2.40. The van der Waals surface area contributed by atoms with Crippen LogP contribution in [-0.4, -0.2) is 24.3 Å². The summed E-state index contributed by atoms with van der Waals surface area (Å²) in [7, 11) is -1.75. The van der Waals surface area contributed by atoms with E-state index in [2.05, 4.69) is 13.8 Å². The molecule has 0 heterocycles. The number of hydrogen-bond donors (Lipinski definition) is 0. The maximum Gasteiger partial charge on any atom is 0.390 e. The van der Waals surface area contributed by atoms with Crippen LogP contribution in [0.25, 0.3) is 0 Å². The van der Waals surface area contributed by atoms with E-state index >= 15 is 0 Å². The molecule has 0 N–H and O–H groups in total. The standard InChI is InChI=1S/C16H24O4P/c1-12(2)10-19-14-8-6-7-9-15(14)21(18)16(4,5)11-20-13(3)17/h6-9,12H,10-11H2,1-5H3/q+1. The molecule has 1 aromatic carbocycles. The molecule has 0 saturated heterocycles. The van der Waals surface area contributed by atoms with E-state index in [9.17, 15) is 9.36 Å². The summed E-state index contributed by atoms with van der Waals surface area (Å²) in [6.45, 7) is 9.83. The predicted octanol–water partition coefficient (Wildman–Crippen LogP) is 3.52. The lowest BCUT2D eigenvalue weighted by Crippen LogP contribution is -2.28. The summed E-state index contributed by atoms with van der Waals surface area (Å²) in [5.41, 5.74) is 0. The summed E-state index contributed by atoms with van der Waals surface area (Å²) in [5, 5.41) is 0.0310. The smallest absolute Gasteiger partial charge is 0.390 e. The third-order valence-corrected chi connectivity index (χ3v) is 4.87. The van der Waals surface area contributed by atoms with Gasteiger partial charge in [0.25, 0.3) is 0 Å². The summed E-state index contributed by atoms with van der Waals surface area (Å²) in [5.74, 6) is 0.670. The minimum atomic E-state index is -1.75. The Kier molecular flexibility index (Phi) is 6.35. The van der Waals surface area contributed by atoms with Crippen molar-refractivity contribution < 1.29 is 18.8 Å². The van der Waals surface area contributed by atoms with E-state index in [-0.39, 0.29) is 12.6 Å². The van der Waals surface area contributed by atoms with Crippen LogP contribution < -0.4 is 10.0 Å². The number of hydrogen-bond acceptors (Lipinski definition) is 4. The molecular weight excluding hydrogens is 287 g/mol. The van der Waals surface area contributed by atoms with Gasteiger partial charge in [-0.2, -0.15) is 0 Å². The monoisotopic (exact) mass is 311 g/mol. The Morgan fingerprint density at radius 2 is 1.90 bits per heavy atom. The minimum absolute atomic E-state index is 0.121. The zero-order valence-corrected chi connectivity index (χ0v) is 14.3. The zero-order valence-electron chi connectivity index (χ0n) is 13.4. The van der Waals surface area contributed by atoms with Crippen molar-refractivity contribution in [3.63, 3.8) is 0 Å². The van der Waals surface area contributed by atoms with Crippen molar-refractivity contribution in [2.75, 3.05) is 13.2 Å². The van der Waals surface area contributed by atoms with Gasteiger partial charge in [0.15, 0.2) is 10.9 Å². The Balaban J connectivity index is 2.93.